The molecule has 6 nitrogen and oxygen atoms in total. The molecule has 2 N–H and O–H groups in total. The third-order valence-corrected chi connectivity index (χ3v) is 3.23. The minimum atomic E-state index is -0.363. The number of para-hydroxylation sites is 2. The van der Waals surface area contributed by atoms with Crippen molar-refractivity contribution in [1.29, 1.82) is 0 Å². The van der Waals surface area contributed by atoms with Gasteiger partial charge in [-0.3, -0.25) is 4.79 Å². The van der Waals surface area contributed by atoms with Crippen LogP contribution < -0.4 is 15.4 Å². The molecular formula is C18H20N2O4. The Bertz CT molecular complexity index is 698. The molecule has 0 aliphatic heterocycles. The molecule has 1 amide bonds. The molecule has 2 rings (SSSR count). The minimum absolute atomic E-state index is 0.0940. The van der Waals surface area contributed by atoms with Gasteiger partial charge >= 0.3 is 5.97 Å². The molecule has 0 radical (unpaired) electrons. The summed E-state index contributed by atoms with van der Waals surface area (Å²) in [7, 11) is 1.55. The van der Waals surface area contributed by atoms with Crippen LogP contribution in [0.1, 0.15) is 17.3 Å². The normalized spacial score (nSPS) is 9.92. The largest absolute Gasteiger partial charge is 0.495 e. The van der Waals surface area contributed by atoms with E-state index in [1.54, 1.807) is 50.4 Å². The van der Waals surface area contributed by atoms with Gasteiger partial charge in [-0.15, -0.1) is 0 Å². The number of methoxy groups -OCH3 is 1. The average Bonchev–Trinajstić information content (AvgIpc) is 2.61. The first kappa shape index (κ1) is 17.3. The van der Waals surface area contributed by atoms with E-state index in [-0.39, 0.29) is 18.4 Å². The van der Waals surface area contributed by atoms with Crippen LogP contribution in [0.4, 0.5) is 11.4 Å². The molecule has 2 aromatic rings. The quantitative estimate of drug-likeness (QED) is 0.764. The van der Waals surface area contributed by atoms with Gasteiger partial charge in [0.15, 0.2) is 0 Å². The van der Waals surface area contributed by atoms with Crippen molar-refractivity contribution in [3.8, 4) is 5.75 Å². The molecule has 0 aliphatic rings. The van der Waals surface area contributed by atoms with Crippen molar-refractivity contribution in [3.63, 3.8) is 0 Å². The second-order valence-electron chi connectivity index (χ2n) is 4.90. The summed E-state index contributed by atoms with van der Waals surface area (Å²) in [5.74, 6) is 0.0385. The van der Waals surface area contributed by atoms with E-state index in [0.29, 0.717) is 23.6 Å². The van der Waals surface area contributed by atoms with Gasteiger partial charge in [0.2, 0.25) is 5.91 Å². The molecule has 24 heavy (non-hydrogen) atoms. The van der Waals surface area contributed by atoms with Crippen LogP contribution >= 0.6 is 0 Å². The minimum Gasteiger partial charge on any atom is -0.495 e. The zero-order chi connectivity index (χ0) is 17.4. The summed E-state index contributed by atoms with van der Waals surface area (Å²) in [4.78, 5) is 23.6. The molecule has 0 aromatic heterocycles. The fraction of sp³-hybridized carbons (Fsp3) is 0.222. The number of anilines is 2. The van der Waals surface area contributed by atoms with Gasteiger partial charge in [0.05, 0.1) is 31.5 Å². The van der Waals surface area contributed by atoms with E-state index in [1.165, 1.54) is 0 Å². The van der Waals surface area contributed by atoms with Crippen molar-refractivity contribution >= 4 is 23.3 Å². The van der Waals surface area contributed by atoms with Crippen LogP contribution in [0.25, 0.3) is 0 Å². The summed E-state index contributed by atoms with van der Waals surface area (Å²) in [6.07, 6.45) is 0. The van der Waals surface area contributed by atoms with Crippen LogP contribution in [0.15, 0.2) is 48.5 Å². The lowest BCUT2D eigenvalue weighted by atomic mass is 10.2. The van der Waals surface area contributed by atoms with Crippen LogP contribution in [-0.2, 0) is 9.53 Å². The van der Waals surface area contributed by atoms with Gasteiger partial charge in [-0.1, -0.05) is 12.1 Å². The highest BCUT2D eigenvalue weighted by molar-refractivity contribution is 5.95. The van der Waals surface area contributed by atoms with Gasteiger partial charge in [-0.2, -0.15) is 0 Å². The molecule has 0 fully saturated rings. The van der Waals surface area contributed by atoms with Gasteiger partial charge in [0.25, 0.3) is 0 Å². The van der Waals surface area contributed by atoms with Gasteiger partial charge in [0, 0.05) is 5.69 Å². The highest BCUT2D eigenvalue weighted by Crippen LogP contribution is 2.22. The Labute approximate surface area is 140 Å². The first-order valence-corrected chi connectivity index (χ1v) is 7.58. The van der Waals surface area contributed by atoms with E-state index in [1.807, 2.05) is 12.1 Å². The highest BCUT2D eigenvalue weighted by atomic mass is 16.5. The standard InChI is InChI=1S/C18H20N2O4/c1-3-24-18(22)13-8-10-14(11-9-13)19-12-17(21)20-15-6-4-5-7-16(15)23-2/h4-11,19H,3,12H2,1-2H3,(H,20,21). The molecule has 0 unspecified atom stereocenters. The molecule has 0 saturated heterocycles. The molecule has 0 spiro atoms. The van der Waals surface area contributed by atoms with E-state index >= 15 is 0 Å². The first-order valence-electron chi connectivity index (χ1n) is 7.58. The highest BCUT2D eigenvalue weighted by Gasteiger charge is 2.08. The number of rotatable bonds is 7. The lowest BCUT2D eigenvalue weighted by molar-refractivity contribution is -0.114. The third-order valence-electron chi connectivity index (χ3n) is 3.23. The van der Waals surface area contributed by atoms with Gasteiger partial charge in [-0.25, -0.2) is 4.79 Å². The average molecular weight is 328 g/mol. The maximum atomic E-state index is 12.0. The van der Waals surface area contributed by atoms with Crippen LogP contribution in [0.3, 0.4) is 0 Å². The number of hydrogen-bond donors (Lipinski definition) is 2. The fourth-order valence-electron chi connectivity index (χ4n) is 2.06. The first-order chi connectivity index (χ1) is 11.6. The fourth-order valence-corrected chi connectivity index (χ4v) is 2.06. The van der Waals surface area contributed by atoms with E-state index in [4.69, 9.17) is 9.47 Å². The number of benzene rings is 2. The lowest BCUT2D eigenvalue weighted by Gasteiger charge is -2.11. The second-order valence-corrected chi connectivity index (χ2v) is 4.90. The number of hydrogen-bond acceptors (Lipinski definition) is 5. The summed E-state index contributed by atoms with van der Waals surface area (Å²) < 4.78 is 10.1. The number of carbonyl (C=O) groups is 2. The van der Waals surface area contributed by atoms with E-state index in [2.05, 4.69) is 10.6 Å². The Morgan fingerprint density at radius 2 is 1.75 bits per heavy atom. The predicted octanol–water partition coefficient (Wildman–Crippen LogP) is 2.92. The van der Waals surface area contributed by atoms with Crippen LogP contribution in [0, 0.1) is 0 Å². The lowest BCUT2D eigenvalue weighted by Crippen LogP contribution is -2.22. The number of amides is 1. The smallest absolute Gasteiger partial charge is 0.338 e. The van der Waals surface area contributed by atoms with Crippen molar-refractivity contribution < 1.29 is 19.1 Å². The molecular weight excluding hydrogens is 308 g/mol. The predicted molar refractivity (Wildman–Crippen MR) is 92.5 cm³/mol. The van der Waals surface area contributed by atoms with E-state index in [9.17, 15) is 9.59 Å². The molecule has 0 heterocycles. The van der Waals surface area contributed by atoms with Crippen molar-refractivity contribution in [3.05, 3.63) is 54.1 Å². The number of ether oxygens (including phenoxy) is 2. The summed E-state index contributed by atoms with van der Waals surface area (Å²) in [5, 5.41) is 5.77. The molecule has 0 bridgehead atoms. The van der Waals surface area contributed by atoms with Crippen molar-refractivity contribution in [2.45, 2.75) is 6.92 Å². The second kappa shape index (κ2) is 8.57. The molecule has 6 heteroatoms. The molecule has 0 atom stereocenters. The SMILES string of the molecule is CCOC(=O)c1ccc(NCC(=O)Nc2ccccc2OC)cc1. The molecule has 0 aliphatic carbocycles. The number of esters is 1. The van der Waals surface area contributed by atoms with Crippen LogP contribution in [-0.4, -0.2) is 32.1 Å². The Kier molecular flexibility index (Phi) is 6.19. The van der Waals surface area contributed by atoms with E-state index < -0.39 is 0 Å². The zero-order valence-electron chi connectivity index (χ0n) is 13.7. The van der Waals surface area contributed by atoms with Gasteiger partial charge < -0.3 is 20.1 Å². The van der Waals surface area contributed by atoms with Crippen LogP contribution in [0.2, 0.25) is 0 Å². The Morgan fingerprint density at radius 3 is 2.42 bits per heavy atom. The molecule has 0 saturated carbocycles. The topological polar surface area (TPSA) is 76.7 Å². The summed E-state index contributed by atoms with van der Waals surface area (Å²) in [6, 6.07) is 13.9. The zero-order valence-corrected chi connectivity index (χ0v) is 13.7. The van der Waals surface area contributed by atoms with Crippen molar-refractivity contribution in [2.24, 2.45) is 0 Å². The van der Waals surface area contributed by atoms with Crippen LogP contribution in [0.5, 0.6) is 5.75 Å². The Balaban J connectivity index is 1.88. The maximum Gasteiger partial charge on any atom is 0.338 e. The summed E-state index contributed by atoms with van der Waals surface area (Å²) in [6.45, 7) is 2.19. The van der Waals surface area contributed by atoms with Crippen molar-refractivity contribution in [2.75, 3.05) is 30.9 Å². The number of nitrogens with one attached hydrogen (secondary N) is 2. The van der Waals surface area contributed by atoms with Gasteiger partial charge in [0.1, 0.15) is 5.75 Å². The maximum absolute atomic E-state index is 12.0. The molecule has 126 valence electrons. The Morgan fingerprint density at radius 1 is 1.04 bits per heavy atom. The summed E-state index contributed by atoms with van der Waals surface area (Å²) >= 11 is 0. The monoisotopic (exact) mass is 328 g/mol. The number of carbonyl (C=O) groups excluding carboxylic acids is 2. The Hall–Kier alpha value is -3.02. The third kappa shape index (κ3) is 4.74. The molecule has 2 aromatic carbocycles. The van der Waals surface area contributed by atoms with E-state index in [0.717, 1.165) is 5.69 Å². The van der Waals surface area contributed by atoms with Crippen molar-refractivity contribution in [1.82, 2.24) is 0 Å². The summed E-state index contributed by atoms with van der Waals surface area (Å²) in [5.41, 5.74) is 1.82. The van der Waals surface area contributed by atoms with Gasteiger partial charge in [-0.05, 0) is 43.3 Å².